The normalized spacial score (nSPS) is 20.0. The van der Waals surface area contributed by atoms with Gasteiger partial charge in [-0.15, -0.1) is 0 Å². The standard InChI is InChI=1S/C17H14FN3O3/c18-12-2-4-14-10(7-12)1-5-16(14)20-17-19-15-6-3-13(21(22)23)8-11(15)9-24-17/h2-4,6-8,16H,1,5,9H2,(H,19,20). The molecule has 4 rings (SSSR count). The molecule has 2 aromatic carbocycles. The molecule has 7 heteroatoms. The summed E-state index contributed by atoms with van der Waals surface area (Å²) in [5.41, 5.74) is 3.51. The van der Waals surface area contributed by atoms with Gasteiger partial charge < -0.3 is 10.1 Å². The Kier molecular flexibility index (Phi) is 3.41. The van der Waals surface area contributed by atoms with Crippen LogP contribution in [-0.2, 0) is 17.8 Å². The highest BCUT2D eigenvalue weighted by molar-refractivity contribution is 5.92. The van der Waals surface area contributed by atoms with E-state index in [4.69, 9.17) is 4.74 Å². The molecule has 122 valence electrons. The van der Waals surface area contributed by atoms with Crippen molar-refractivity contribution >= 4 is 17.4 Å². The van der Waals surface area contributed by atoms with Gasteiger partial charge in [-0.25, -0.2) is 9.38 Å². The molecule has 0 aromatic heterocycles. The number of benzene rings is 2. The van der Waals surface area contributed by atoms with Crippen LogP contribution in [0.1, 0.15) is 29.2 Å². The Morgan fingerprint density at radius 1 is 1.25 bits per heavy atom. The van der Waals surface area contributed by atoms with Gasteiger partial charge in [-0.3, -0.25) is 10.1 Å². The minimum absolute atomic E-state index is 0.0336. The highest BCUT2D eigenvalue weighted by Gasteiger charge is 2.25. The Bertz CT molecular complexity index is 866. The first-order valence-electron chi connectivity index (χ1n) is 7.63. The van der Waals surface area contributed by atoms with Crippen molar-refractivity contribution in [2.24, 2.45) is 4.99 Å². The van der Waals surface area contributed by atoms with Gasteiger partial charge in [0.05, 0.1) is 11.0 Å². The number of nitrogens with one attached hydrogen (secondary N) is 1. The molecule has 0 amide bonds. The van der Waals surface area contributed by atoms with Gasteiger partial charge in [0.15, 0.2) is 0 Å². The molecule has 1 atom stereocenters. The maximum Gasteiger partial charge on any atom is 0.290 e. The van der Waals surface area contributed by atoms with E-state index in [1.54, 1.807) is 18.2 Å². The van der Waals surface area contributed by atoms with Crippen LogP contribution in [0.5, 0.6) is 0 Å². The number of rotatable bonds is 2. The zero-order valence-electron chi connectivity index (χ0n) is 12.7. The van der Waals surface area contributed by atoms with Crippen LogP contribution in [0.4, 0.5) is 15.8 Å². The first kappa shape index (κ1) is 14.6. The summed E-state index contributed by atoms with van der Waals surface area (Å²) in [5, 5.41) is 13.9. The largest absolute Gasteiger partial charge is 0.460 e. The lowest BCUT2D eigenvalue weighted by Gasteiger charge is -2.21. The minimum atomic E-state index is -0.432. The summed E-state index contributed by atoms with van der Waals surface area (Å²) in [5.74, 6) is -0.232. The maximum absolute atomic E-state index is 13.3. The van der Waals surface area contributed by atoms with Crippen molar-refractivity contribution in [3.05, 3.63) is 69.0 Å². The quantitative estimate of drug-likeness (QED) is 0.673. The number of aliphatic imine (C=N–C) groups is 1. The number of halogens is 1. The van der Waals surface area contributed by atoms with Gasteiger partial charge in [0, 0.05) is 23.4 Å². The summed E-state index contributed by atoms with van der Waals surface area (Å²) >= 11 is 0. The number of amidine groups is 1. The van der Waals surface area contributed by atoms with Crippen molar-refractivity contribution in [2.45, 2.75) is 25.5 Å². The van der Waals surface area contributed by atoms with Crippen molar-refractivity contribution in [3.8, 4) is 0 Å². The lowest BCUT2D eigenvalue weighted by molar-refractivity contribution is -0.384. The van der Waals surface area contributed by atoms with E-state index in [0.717, 1.165) is 35.2 Å². The molecule has 0 bridgehead atoms. The summed E-state index contributed by atoms with van der Waals surface area (Å²) < 4.78 is 18.9. The minimum Gasteiger partial charge on any atom is -0.460 e. The number of fused-ring (bicyclic) bond motifs is 2. The molecular formula is C17H14FN3O3. The van der Waals surface area contributed by atoms with Crippen LogP contribution in [-0.4, -0.2) is 10.9 Å². The van der Waals surface area contributed by atoms with Gasteiger partial charge in [0.25, 0.3) is 11.7 Å². The molecule has 0 spiro atoms. The fourth-order valence-corrected chi connectivity index (χ4v) is 3.14. The van der Waals surface area contributed by atoms with Crippen molar-refractivity contribution in [1.82, 2.24) is 0 Å². The Balaban J connectivity index is 1.57. The second-order valence-electron chi connectivity index (χ2n) is 5.84. The average molecular weight is 327 g/mol. The van der Waals surface area contributed by atoms with E-state index in [-0.39, 0.29) is 24.2 Å². The molecule has 1 unspecified atom stereocenters. The van der Waals surface area contributed by atoms with Crippen LogP contribution in [0.15, 0.2) is 41.4 Å². The number of nitrogens with zero attached hydrogens (tertiary/aromatic N) is 2. The van der Waals surface area contributed by atoms with Gasteiger partial charge in [0.1, 0.15) is 12.4 Å². The highest BCUT2D eigenvalue weighted by Crippen LogP contribution is 2.35. The Morgan fingerprint density at radius 3 is 2.96 bits per heavy atom. The number of aryl methyl sites for hydroxylation is 1. The molecule has 1 heterocycles. The zero-order chi connectivity index (χ0) is 16.7. The first-order chi connectivity index (χ1) is 11.6. The third-order valence-electron chi connectivity index (χ3n) is 4.33. The highest BCUT2D eigenvalue weighted by atomic mass is 19.1. The van der Waals surface area contributed by atoms with Gasteiger partial charge >= 0.3 is 0 Å². The van der Waals surface area contributed by atoms with Gasteiger partial charge in [0.2, 0.25) is 0 Å². The molecule has 0 radical (unpaired) electrons. The number of ether oxygens (including phenoxy) is 1. The topological polar surface area (TPSA) is 76.8 Å². The lowest BCUT2D eigenvalue weighted by Crippen LogP contribution is -2.23. The number of non-ortho nitro benzene ring substituents is 1. The predicted molar refractivity (Wildman–Crippen MR) is 86.4 cm³/mol. The van der Waals surface area contributed by atoms with E-state index in [1.807, 2.05) is 0 Å². The van der Waals surface area contributed by atoms with Crippen LogP contribution in [0.3, 0.4) is 0 Å². The number of hydrogen-bond acceptors (Lipinski definition) is 4. The number of nitro groups is 1. The number of anilines is 1. The molecule has 0 fully saturated rings. The first-order valence-corrected chi connectivity index (χ1v) is 7.63. The molecule has 24 heavy (non-hydrogen) atoms. The third kappa shape index (κ3) is 2.58. The number of nitro benzene ring substituents is 1. The summed E-state index contributed by atoms with van der Waals surface area (Å²) in [6.45, 7) is 0.228. The van der Waals surface area contributed by atoms with Crippen molar-refractivity contribution < 1.29 is 14.1 Å². The van der Waals surface area contributed by atoms with Gasteiger partial charge in [-0.05, 0) is 42.2 Å². The fraction of sp³-hybridized carbons (Fsp3) is 0.235. The molecule has 1 aliphatic heterocycles. The van der Waals surface area contributed by atoms with E-state index < -0.39 is 4.92 Å². The van der Waals surface area contributed by atoms with E-state index in [2.05, 4.69) is 10.3 Å². The van der Waals surface area contributed by atoms with Crippen molar-refractivity contribution in [3.63, 3.8) is 0 Å². The second kappa shape index (κ2) is 5.59. The second-order valence-corrected chi connectivity index (χ2v) is 5.84. The molecular weight excluding hydrogens is 313 g/mol. The smallest absolute Gasteiger partial charge is 0.290 e. The molecule has 2 aliphatic rings. The third-order valence-corrected chi connectivity index (χ3v) is 4.33. The summed E-state index contributed by atoms with van der Waals surface area (Å²) in [4.78, 5) is 15.0. The van der Waals surface area contributed by atoms with Crippen molar-refractivity contribution in [2.75, 3.05) is 5.32 Å². The molecule has 6 nitrogen and oxygen atoms in total. The Hall–Kier alpha value is -2.96. The van der Waals surface area contributed by atoms with Crippen molar-refractivity contribution in [1.29, 1.82) is 0 Å². The van der Waals surface area contributed by atoms with E-state index >= 15 is 0 Å². The predicted octanol–water partition coefficient (Wildman–Crippen LogP) is 3.72. The summed E-state index contributed by atoms with van der Waals surface area (Å²) in [6.07, 6.45) is 1.60. The monoisotopic (exact) mass is 327 g/mol. The van der Waals surface area contributed by atoms with Crippen LogP contribution >= 0.6 is 0 Å². The van der Waals surface area contributed by atoms with E-state index in [1.165, 1.54) is 18.2 Å². The van der Waals surface area contributed by atoms with Crippen LogP contribution in [0.2, 0.25) is 0 Å². The number of hydrogen-bond donors (Lipinski definition) is 1. The van der Waals surface area contributed by atoms with Crippen LogP contribution in [0.25, 0.3) is 0 Å². The zero-order valence-corrected chi connectivity index (χ0v) is 12.7. The van der Waals surface area contributed by atoms with E-state index in [9.17, 15) is 14.5 Å². The maximum atomic E-state index is 13.3. The molecule has 0 saturated heterocycles. The molecule has 1 N–H and O–H groups in total. The summed E-state index contributed by atoms with van der Waals surface area (Å²) in [7, 11) is 0. The Morgan fingerprint density at radius 2 is 2.12 bits per heavy atom. The lowest BCUT2D eigenvalue weighted by atomic mass is 10.1. The Labute approximate surface area is 137 Å². The van der Waals surface area contributed by atoms with E-state index in [0.29, 0.717) is 6.02 Å². The average Bonchev–Trinajstić information content (AvgIpc) is 2.96. The van der Waals surface area contributed by atoms with Crippen LogP contribution in [0, 0.1) is 15.9 Å². The summed E-state index contributed by atoms with van der Waals surface area (Å²) in [6, 6.07) is 9.69. The van der Waals surface area contributed by atoms with Gasteiger partial charge in [-0.1, -0.05) is 6.07 Å². The van der Waals surface area contributed by atoms with Gasteiger partial charge in [-0.2, -0.15) is 0 Å². The molecule has 0 saturated carbocycles. The fourth-order valence-electron chi connectivity index (χ4n) is 3.14. The SMILES string of the molecule is O=[N+]([O-])c1ccc2c(c1)COC(=NC1CCc3cc(F)ccc31)N2. The molecule has 1 aliphatic carbocycles. The van der Waals surface area contributed by atoms with Crippen LogP contribution < -0.4 is 5.32 Å². The molecule has 2 aromatic rings.